The molecule has 19 heavy (non-hydrogen) atoms. The van der Waals surface area contributed by atoms with Crippen molar-refractivity contribution >= 4 is 16.0 Å². The molecule has 0 atom stereocenters. The molecular formula is C13H16NO4S-. The van der Waals surface area contributed by atoms with Gasteiger partial charge >= 0.3 is 0 Å². The average Bonchev–Trinajstić information content (AvgIpc) is 2.39. The molecule has 1 aliphatic heterocycles. The Kier molecular flexibility index (Phi) is 3.91. The summed E-state index contributed by atoms with van der Waals surface area (Å²) in [6.07, 6.45) is 1.67. The number of hydrogen-bond acceptors (Lipinski definition) is 4. The van der Waals surface area contributed by atoms with Crippen molar-refractivity contribution in [3.8, 4) is 0 Å². The van der Waals surface area contributed by atoms with Crippen LogP contribution in [0.25, 0.3) is 0 Å². The molecule has 1 heterocycles. The number of rotatable bonds is 3. The van der Waals surface area contributed by atoms with Gasteiger partial charge in [0, 0.05) is 13.1 Å². The first-order valence-corrected chi connectivity index (χ1v) is 7.67. The topological polar surface area (TPSA) is 77.5 Å². The molecule has 0 unspecified atom stereocenters. The van der Waals surface area contributed by atoms with Crippen molar-refractivity contribution in [3.05, 3.63) is 29.8 Å². The van der Waals surface area contributed by atoms with Crippen LogP contribution in [0.3, 0.4) is 0 Å². The van der Waals surface area contributed by atoms with Crippen LogP contribution in [0.15, 0.2) is 29.2 Å². The quantitative estimate of drug-likeness (QED) is 0.807. The zero-order valence-corrected chi connectivity index (χ0v) is 11.5. The second kappa shape index (κ2) is 5.30. The zero-order chi connectivity index (χ0) is 14.0. The van der Waals surface area contributed by atoms with Gasteiger partial charge in [-0.2, -0.15) is 4.31 Å². The zero-order valence-electron chi connectivity index (χ0n) is 10.7. The monoisotopic (exact) mass is 282 g/mol. The third kappa shape index (κ3) is 2.96. The molecule has 0 aromatic heterocycles. The molecule has 1 saturated heterocycles. The molecule has 104 valence electrons. The molecular weight excluding hydrogens is 266 g/mol. The minimum absolute atomic E-state index is 0.0174. The SMILES string of the molecule is CC1CCN(S(=O)(=O)c2cccc(C(=O)[O-])c2)CC1. The molecule has 1 aromatic carbocycles. The summed E-state index contributed by atoms with van der Waals surface area (Å²) in [5.74, 6) is -0.842. The Hall–Kier alpha value is -1.40. The molecule has 0 radical (unpaired) electrons. The van der Waals surface area contributed by atoms with E-state index < -0.39 is 16.0 Å². The van der Waals surface area contributed by atoms with Crippen LogP contribution in [-0.2, 0) is 10.0 Å². The highest BCUT2D eigenvalue weighted by molar-refractivity contribution is 7.89. The lowest BCUT2D eigenvalue weighted by atomic mass is 10.0. The van der Waals surface area contributed by atoms with Gasteiger partial charge in [-0.1, -0.05) is 19.1 Å². The maximum atomic E-state index is 12.4. The third-order valence-electron chi connectivity index (χ3n) is 3.45. The van der Waals surface area contributed by atoms with Crippen molar-refractivity contribution in [2.24, 2.45) is 5.92 Å². The number of sulfonamides is 1. The highest BCUT2D eigenvalue weighted by Gasteiger charge is 2.28. The van der Waals surface area contributed by atoms with E-state index in [0.29, 0.717) is 19.0 Å². The standard InChI is InChI=1S/C13H17NO4S/c1-10-5-7-14(8-6-10)19(17,18)12-4-2-3-11(9-12)13(15)16/h2-4,9-10H,5-8H2,1H3,(H,15,16)/p-1. The van der Waals surface area contributed by atoms with Gasteiger partial charge in [0.15, 0.2) is 0 Å². The van der Waals surface area contributed by atoms with Crippen molar-refractivity contribution in [1.82, 2.24) is 4.31 Å². The summed E-state index contributed by atoms with van der Waals surface area (Å²) in [6, 6.07) is 5.32. The summed E-state index contributed by atoms with van der Waals surface area (Å²) in [4.78, 5) is 10.8. The Labute approximate surface area is 112 Å². The molecule has 1 aliphatic rings. The Morgan fingerprint density at radius 3 is 2.53 bits per heavy atom. The van der Waals surface area contributed by atoms with Crippen molar-refractivity contribution in [1.29, 1.82) is 0 Å². The number of carboxylic acids is 1. The molecule has 2 rings (SSSR count). The lowest BCUT2D eigenvalue weighted by Gasteiger charge is -2.29. The van der Waals surface area contributed by atoms with Crippen LogP contribution in [0.1, 0.15) is 30.1 Å². The maximum absolute atomic E-state index is 12.4. The minimum atomic E-state index is -3.60. The third-order valence-corrected chi connectivity index (χ3v) is 5.34. The van der Waals surface area contributed by atoms with Crippen LogP contribution < -0.4 is 5.11 Å². The molecule has 0 N–H and O–H groups in total. The smallest absolute Gasteiger partial charge is 0.243 e. The lowest BCUT2D eigenvalue weighted by Crippen LogP contribution is -2.38. The van der Waals surface area contributed by atoms with E-state index in [1.807, 2.05) is 0 Å². The summed E-state index contributed by atoms with van der Waals surface area (Å²) in [5, 5.41) is 10.8. The second-order valence-corrected chi connectivity index (χ2v) is 6.84. The van der Waals surface area contributed by atoms with Crippen LogP contribution in [-0.4, -0.2) is 31.8 Å². The Bertz CT molecular complexity index is 574. The number of piperidine rings is 1. The number of aromatic carboxylic acids is 1. The van der Waals surface area contributed by atoms with E-state index in [9.17, 15) is 18.3 Å². The molecule has 1 fully saturated rings. The van der Waals surface area contributed by atoms with E-state index in [1.165, 1.54) is 22.5 Å². The van der Waals surface area contributed by atoms with Crippen LogP contribution in [0.4, 0.5) is 0 Å². The van der Waals surface area contributed by atoms with Crippen molar-refractivity contribution in [2.45, 2.75) is 24.7 Å². The van der Waals surface area contributed by atoms with E-state index >= 15 is 0 Å². The van der Waals surface area contributed by atoms with Crippen LogP contribution in [0, 0.1) is 5.92 Å². The molecule has 0 saturated carbocycles. The van der Waals surface area contributed by atoms with Gasteiger partial charge in [-0.25, -0.2) is 8.42 Å². The molecule has 1 aromatic rings. The lowest BCUT2D eigenvalue weighted by molar-refractivity contribution is -0.255. The first-order valence-electron chi connectivity index (χ1n) is 6.23. The molecule has 0 bridgehead atoms. The van der Waals surface area contributed by atoms with E-state index in [-0.39, 0.29) is 10.5 Å². The van der Waals surface area contributed by atoms with E-state index in [2.05, 4.69) is 6.92 Å². The summed E-state index contributed by atoms with van der Waals surface area (Å²) < 4.78 is 26.2. The molecule has 6 heteroatoms. The molecule has 5 nitrogen and oxygen atoms in total. The van der Waals surface area contributed by atoms with Gasteiger partial charge in [0.25, 0.3) is 0 Å². The van der Waals surface area contributed by atoms with Gasteiger partial charge in [-0.3, -0.25) is 0 Å². The normalized spacial score (nSPS) is 18.4. The number of carbonyl (C=O) groups excluding carboxylic acids is 1. The van der Waals surface area contributed by atoms with Gasteiger partial charge in [0.2, 0.25) is 10.0 Å². The summed E-state index contributed by atoms with van der Waals surface area (Å²) in [5.41, 5.74) is -0.119. The predicted octanol–water partition coefficient (Wildman–Crippen LogP) is 0.471. The van der Waals surface area contributed by atoms with Gasteiger partial charge in [0.05, 0.1) is 10.9 Å². The van der Waals surface area contributed by atoms with Crippen LogP contribution >= 0.6 is 0 Å². The maximum Gasteiger partial charge on any atom is 0.243 e. The number of hydrogen-bond donors (Lipinski definition) is 0. The fourth-order valence-corrected chi connectivity index (χ4v) is 3.67. The van der Waals surface area contributed by atoms with Crippen LogP contribution in [0.2, 0.25) is 0 Å². The fraction of sp³-hybridized carbons (Fsp3) is 0.462. The summed E-state index contributed by atoms with van der Waals surface area (Å²) in [7, 11) is -3.60. The van der Waals surface area contributed by atoms with Gasteiger partial charge in [-0.05, 0) is 36.5 Å². The number of carboxylic acid groups (broad SMARTS) is 1. The number of benzene rings is 1. The molecule has 0 spiro atoms. The molecule has 0 aliphatic carbocycles. The Morgan fingerprint density at radius 2 is 1.95 bits per heavy atom. The van der Waals surface area contributed by atoms with Gasteiger partial charge < -0.3 is 9.90 Å². The van der Waals surface area contributed by atoms with Crippen molar-refractivity contribution in [2.75, 3.05) is 13.1 Å². The summed E-state index contributed by atoms with van der Waals surface area (Å²) in [6.45, 7) is 3.07. The second-order valence-electron chi connectivity index (χ2n) is 4.90. The average molecular weight is 282 g/mol. The minimum Gasteiger partial charge on any atom is -0.545 e. The summed E-state index contributed by atoms with van der Waals surface area (Å²) >= 11 is 0. The first-order chi connectivity index (χ1) is 8.91. The van der Waals surface area contributed by atoms with Crippen molar-refractivity contribution in [3.63, 3.8) is 0 Å². The van der Waals surface area contributed by atoms with E-state index in [0.717, 1.165) is 18.9 Å². The fourth-order valence-electron chi connectivity index (χ4n) is 2.16. The largest absolute Gasteiger partial charge is 0.545 e. The first kappa shape index (κ1) is 14.0. The van der Waals surface area contributed by atoms with Gasteiger partial charge in [-0.15, -0.1) is 0 Å². The van der Waals surface area contributed by atoms with E-state index in [4.69, 9.17) is 0 Å². The van der Waals surface area contributed by atoms with Crippen LogP contribution in [0.5, 0.6) is 0 Å². The predicted molar refractivity (Wildman–Crippen MR) is 67.9 cm³/mol. The highest BCUT2D eigenvalue weighted by Crippen LogP contribution is 2.23. The van der Waals surface area contributed by atoms with E-state index in [1.54, 1.807) is 0 Å². The number of carbonyl (C=O) groups is 1. The highest BCUT2D eigenvalue weighted by atomic mass is 32.2. The van der Waals surface area contributed by atoms with Crippen molar-refractivity contribution < 1.29 is 18.3 Å². The molecule has 0 amide bonds. The Morgan fingerprint density at radius 1 is 1.32 bits per heavy atom. The van der Waals surface area contributed by atoms with Gasteiger partial charge in [0.1, 0.15) is 0 Å². The Balaban J connectivity index is 2.29. The number of nitrogens with zero attached hydrogens (tertiary/aromatic N) is 1.